The molecule has 1 N–H and O–H groups in total. The van der Waals surface area contributed by atoms with Gasteiger partial charge in [0.25, 0.3) is 16.1 Å². The molecule has 2 fully saturated rings. The van der Waals surface area contributed by atoms with Gasteiger partial charge in [-0.3, -0.25) is 4.79 Å². The van der Waals surface area contributed by atoms with Crippen molar-refractivity contribution in [2.75, 3.05) is 39.8 Å². The van der Waals surface area contributed by atoms with E-state index in [0.29, 0.717) is 19.6 Å². The summed E-state index contributed by atoms with van der Waals surface area (Å²) in [6.45, 7) is 3.35. The smallest absolute Gasteiger partial charge is 0.282 e. The highest BCUT2D eigenvalue weighted by Crippen LogP contribution is 2.23. The molecule has 0 saturated carbocycles. The van der Waals surface area contributed by atoms with Crippen molar-refractivity contribution >= 4 is 16.1 Å². The fraction of sp³-hybridized carbons (Fsp3) is 0.909. The quantitative estimate of drug-likeness (QED) is 0.736. The van der Waals surface area contributed by atoms with Gasteiger partial charge in [0.05, 0.1) is 13.2 Å². The average Bonchev–Trinajstić information content (AvgIpc) is 2.92. The van der Waals surface area contributed by atoms with Gasteiger partial charge < -0.3 is 10.1 Å². The number of ether oxygens (including phenoxy) is 1. The lowest BCUT2D eigenvalue weighted by molar-refractivity contribution is -0.151. The molecule has 0 aliphatic carbocycles. The van der Waals surface area contributed by atoms with E-state index in [1.807, 2.05) is 0 Å². The van der Waals surface area contributed by atoms with Gasteiger partial charge in [0.2, 0.25) is 0 Å². The molecule has 1 atom stereocenters. The maximum atomic E-state index is 12.5. The molecule has 2 aliphatic heterocycles. The zero-order valence-electron chi connectivity index (χ0n) is 11.4. The van der Waals surface area contributed by atoms with Crippen LogP contribution in [0.3, 0.4) is 0 Å². The fourth-order valence-electron chi connectivity index (χ4n) is 2.51. The van der Waals surface area contributed by atoms with Crippen molar-refractivity contribution in [3.8, 4) is 0 Å². The van der Waals surface area contributed by atoms with E-state index in [2.05, 4.69) is 5.32 Å². The third-order valence-electron chi connectivity index (χ3n) is 3.66. The van der Waals surface area contributed by atoms with Crippen molar-refractivity contribution in [2.24, 2.45) is 0 Å². The summed E-state index contributed by atoms with van der Waals surface area (Å²) >= 11 is 0. The van der Waals surface area contributed by atoms with E-state index in [-0.39, 0.29) is 19.1 Å². The maximum Gasteiger partial charge on any atom is 0.282 e. The van der Waals surface area contributed by atoms with Crippen LogP contribution in [0.5, 0.6) is 0 Å². The first-order chi connectivity index (χ1) is 8.90. The summed E-state index contributed by atoms with van der Waals surface area (Å²) < 4.78 is 33.2. The molecular formula is C11H21N3O4S. The minimum Gasteiger partial charge on any atom is -0.363 e. The Bertz CT molecular complexity index is 447. The molecule has 0 bridgehead atoms. The molecule has 8 heteroatoms. The Morgan fingerprint density at radius 1 is 1.21 bits per heavy atom. The molecule has 2 heterocycles. The van der Waals surface area contributed by atoms with E-state index >= 15 is 0 Å². The summed E-state index contributed by atoms with van der Waals surface area (Å²) in [6.07, 6.45) is 1.80. The first kappa shape index (κ1) is 14.7. The van der Waals surface area contributed by atoms with Gasteiger partial charge >= 0.3 is 0 Å². The molecule has 0 radical (unpaired) electrons. The molecule has 110 valence electrons. The van der Waals surface area contributed by atoms with Crippen molar-refractivity contribution in [3.05, 3.63) is 0 Å². The number of carbonyl (C=O) groups excluding carboxylic acids is 1. The van der Waals surface area contributed by atoms with Crippen LogP contribution in [0.2, 0.25) is 0 Å². The summed E-state index contributed by atoms with van der Waals surface area (Å²) in [5.74, 6) is -0.297. The topological polar surface area (TPSA) is 79.0 Å². The lowest BCUT2D eigenvalue weighted by Crippen LogP contribution is -2.60. The minimum absolute atomic E-state index is 0.0610. The number of rotatable bonds is 3. The Kier molecular flexibility index (Phi) is 4.14. The van der Waals surface area contributed by atoms with Gasteiger partial charge in [-0.05, 0) is 19.8 Å². The van der Waals surface area contributed by atoms with Gasteiger partial charge in [-0.2, -0.15) is 17.0 Å². The molecule has 0 aromatic rings. The third-order valence-corrected chi connectivity index (χ3v) is 5.65. The summed E-state index contributed by atoms with van der Waals surface area (Å²) in [6, 6.07) is 0. The summed E-state index contributed by atoms with van der Waals surface area (Å²) in [4.78, 5) is 11.8. The Hall–Kier alpha value is -0.700. The van der Waals surface area contributed by atoms with Crippen LogP contribution in [-0.4, -0.2) is 68.4 Å². The van der Waals surface area contributed by atoms with Gasteiger partial charge in [0.1, 0.15) is 0 Å². The Labute approximate surface area is 114 Å². The van der Waals surface area contributed by atoms with Crippen LogP contribution in [-0.2, 0) is 19.7 Å². The third kappa shape index (κ3) is 2.76. The first-order valence-electron chi connectivity index (χ1n) is 6.51. The number of amides is 1. The highest BCUT2D eigenvalue weighted by molar-refractivity contribution is 7.86. The SMILES string of the molecule is CNC(=O)[C@@]1(C)CN(S(=O)(=O)N2CCCC2)CCO1. The second-order valence-corrected chi connectivity index (χ2v) is 7.03. The van der Waals surface area contributed by atoms with Crippen LogP contribution in [0.1, 0.15) is 19.8 Å². The highest BCUT2D eigenvalue weighted by atomic mass is 32.2. The molecule has 7 nitrogen and oxygen atoms in total. The van der Waals surface area contributed by atoms with Crippen LogP contribution < -0.4 is 5.32 Å². The number of hydrogen-bond acceptors (Lipinski definition) is 4. The zero-order chi connectivity index (χ0) is 14.1. The molecule has 2 saturated heterocycles. The van der Waals surface area contributed by atoms with Gasteiger partial charge in [-0.25, -0.2) is 0 Å². The van der Waals surface area contributed by atoms with E-state index in [0.717, 1.165) is 12.8 Å². The molecule has 2 aliphatic rings. The number of hydrogen-bond donors (Lipinski definition) is 1. The zero-order valence-corrected chi connectivity index (χ0v) is 12.2. The maximum absolute atomic E-state index is 12.5. The van der Waals surface area contributed by atoms with Crippen LogP contribution in [0.25, 0.3) is 0 Å². The second kappa shape index (κ2) is 5.35. The average molecular weight is 291 g/mol. The molecule has 0 spiro atoms. The summed E-state index contributed by atoms with van der Waals surface area (Å²) in [5, 5.41) is 2.52. The number of likely N-dealkylation sites (N-methyl/N-ethyl adjacent to an activating group) is 1. The Balaban J connectivity index is 2.15. The van der Waals surface area contributed by atoms with E-state index in [1.165, 1.54) is 15.7 Å². The second-order valence-electron chi connectivity index (χ2n) is 5.11. The standard InChI is InChI=1S/C11H21N3O4S/c1-11(10(15)12-2)9-14(7-8-18-11)19(16,17)13-5-3-4-6-13/h3-9H2,1-2H3,(H,12,15)/t11-/m1/s1. The van der Waals surface area contributed by atoms with Crippen molar-refractivity contribution in [1.29, 1.82) is 0 Å². The molecule has 19 heavy (non-hydrogen) atoms. The number of morpholine rings is 1. The molecular weight excluding hydrogens is 270 g/mol. The van der Waals surface area contributed by atoms with Crippen molar-refractivity contribution in [2.45, 2.75) is 25.4 Å². The molecule has 0 unspecified atom stereocenters. The first-order valence-corrected chi connectivity index (χ1v) is 7.91. The van der Waals surface area contributed by atoms with Gasteiger partial charge in [0, 0.05) is 26.7 Å². The number of nitrogens with one attached hydrogen (secondary N) is 1. The van der Waals surface area contributed by atoms with Gasteiger partial charge in [0.15, 0.2) is 5.60 Å². The molecule has 0 aromatic carbocycles. The normalized spacial score (nSPS) is 30.4. The molecule has 2 rings (SSSR count). The van der Waals surface area contributed by atoms with E-state index in [1.54, 1.807) is 6.92 Å². The summed E-state index contributed by atoms with van der Waals surface area (Å²) in [7, 11) is -1.95. The van der Waals surface area contributed by atoms with Gasteiger partial charge in [-0.1, -0.05) is 0 Å². The van der Waals surface area contributed by atoms with Crippen LogP contribution in [0.4, 0.5) is 0 Å². The van der Waals surface area contributed by atoms with Crippen LogP contribution >= 0.6 is 0 Å². The molecule has 0 aromatic heterocycles. The highest BCUT2D eigenvalue weighted by Gasteiger charge is 2.44. The lowest BCUT2D eigenvalue weighted by atomic mass is 10.0. The van der Waals surface area contributed by atoms with E-state index in [9.17, 15) is 13.2 Å². The Morgan fingerprint density at radius 3 is 2.42 bits per heavy atom. The van der Waals surface area contributed by atoms with Crippen molar-refractivity contribution in [3.63, 3.8) is 0 Å². The van der Waals surface area contributed by atoms with Gasteiger partial charge in [-0.15, -0.1) is 0 Å². The fourth-order valence-corrected chi connectivity index (χ4v) is 4.28. The largest absolute Gasteiger partial charge is 0.363 e. The number of nitrogens with zero attached hydrogens (tertiary/aromatic N) is 2. The Morgan fingerprint density at radius 2 is 1.84 bits per heavy atom. The molecule has 1 amide bonds. The lowest BCUT2D eigenvalue weighted by Gasteiger charge is -2.39. The van der Waals surface area contributed by atoms with Crippen molar-refractivity contribution in [1.82, 2.24) is 13.9 Å². The van der Waals surface area contributed by atoms with Crippen molar-refractivity contribution < 1.29 is 17.9 Å². The van der Waals surface area contributed by atoms with Crippen LogP contribution in [0, 0.1) is 0 Å². The van der Waals surface area contributed by atoms with Crippen LogP contribution in [0.15, 0.2) is 0 Å². The van der Waals surface area contributed by atoms with E-state index in [4.69, 9.17) is 4.74 Å². The monoisotopic (exact) mass is 291 g/mol. The van der Waals surface area contributed by atoms with E-state index < -0.39 is 15.8 Å². The predicted octanol–water partition coefficient (Wildman–Crippen LogP) is -0.836. The number of carbonyl (C=O) groups is 1. The predicted molar refractivity (Wildman–Crippen MR) is 69.7 cm³/mol. The minimum atomic E-state index is -3.47. The summed E-state index contributed by atoms with van der Waals surface area (Å²) in [5.41, 5.74) is -1.11.